The fraction of sp³-hybridized carbons (Fsp3) is 0.455. The molecule has 2 aromatic carbocycles. The Bertz CT molecular complexity index is 731. The molecular weight excluding hydrogens is 296 g/mol. The van der Waals surface area contributed by atoms with Gasteiger partial charge in [0.2, 0.25) is 0 Å². The van der Waals surface area contributed by atoms with Crippen molar-refractivity contribution in [3.05, 3.63) is 58.7 Å². The maximum absolute atomic E-state index is 5.45. The molecule has 5 rings (SSSR count). The van der Waals surface area contributed by atoms with Crippen LogP contribution in [0, 0.1) is 0 Å². The van der Waals surface area contributed by atoms with Gasteiger partial charge in [-0.15, -0.1) is 0 Å². The highest BCUT2D eigenvalue weighted by Crippen LogP contribution is 2.36. The zero-order valence-electron chi connectivity index (χ0n) is 14.1. The van der Waals surface area contributed by atoms with Gasteiger partial charge in [-0.3, -0.25) is 0 Å². The van der Waals surface area contributed by atoms with Gasteiger partial charge in [0, 0.05) is 0 Å². The molecule has 1 aliphatic carbocycles. The van der Waals surface area contributed by atoms with Crippen LogP contribution in [-0.4, -0.2) is 25.4 Å². The highest BCUT2D eigenvalue weighted by molar-refractivity contribution is 5.91. The minimum atomic E-state index is 0.505. The van der Waals surface area contributed by atoms with Crippen molar-refractivity contribution < 1.29 is 9.47 Å². The summed E-state index contributed by atoms with van der Waals surface area (Å²) in [6.07, 6.45) is 12.5. The van der Waals surface area contributed by atoms with Gasteiger partial charge in [0.25, 0.3) is 0 Å². The number of hydrogen-bond donors (Lipinski definition) is 0. The molecule has 24 heavy (non-hydrogen) atoms. The summed E-state index contributed by atoms with van der Waals surface area (Å²) < 4.78 is 10.9. The van der Waals surface area contributed by atoms with Crippen LogP contribution in [0.15, 0.2) is 36.4 Å². The molecule has 2 saturated heterocycles. The first kappa shape index (κ1) is 14.7. The maximum atomic E-state index is 5.45. The summed E-state index contributed by atoms with van der Waals surface area (Å²) in [4.78, 5) is 0. The van der Waals surface area contributed by atoms with E-state index in [9.17, 15) is 0 Å². The summed E-state index contributed by atoms with van der Waals surface area (Å²) in [7, 11) is 0. The van der Waals surface area contributed by atoms with Crippen LogP contribution >= 0.6 is 0 Å². The lowest BCUT2D eigenvalue weighted by Crippen LogP contribution is -2.10. The van der Waals surface area contributed by atoms with Crippen molar-refractivity contribution in [2.75, 3.05) is 13.2 Å². The largest absolute Gasteiger partial charge is 0.373 e. The average molecular weight is 320 g/mol. The summed E-state index contributed by atoms with van der Waals surface area (Å²) >= 11 is 0. The monoisotopic (exact) mass is 320 g/mol. The molecule has 0 saturated carbocycles. The predicted octanol–water partition coefficient (Wildman–Crippen LogP) is 4.16. The first-order chi connectivity index (χ1) is 11.9. The highest BCUT2D eigenvalue weighted by atomic mass is 16.6. The average Bonchev–Trinajstić information content (AvgIpc) is 3.53. The summed E-state index contributed by atoms with van der Waals surface area (Å²) in [5, 5.41) is 2.94. The SMILES string of the molecule is C1=CCc2c(c(CCC3CO3)c3ccccc3c2CCC2CO2)C1. The third kappa shape index (κ3) is 2.78. The van der Waals surface area contributed by atoms with Crippen molar-refractivity contribution in [3.63, 3.8) is 0 Å². The van der Waals surface area contributed by atoms with Crippen LogP contribution in [0.3, 0.4) is 0 Å². The maximum Gasteiger partial charge on any atom is 0.0813 e. The van der Waals surface area contributed by atoms with Gasteiger partial charge in [-0.25, -0.2) is 0 Å². The topological polar surface area (TPSA) is 25.1 Å². The number of epoxide rings is 2. The quantitative estimate of drug-likeness (QED) is 0.590. The third-order valence-electron chi connectivity index (χ3n) is 5.72. The molecular formula is C22H24O2. The van der Waals surface area contributed by atoms with E-state index in [2.05, 4.69) is 36.4 Å². The van der Waals surface area contributed by atoms with E-state index in [1.54, 1.807) is 22.3 Å². The number of fused-ring (bicyclic) bond motifs is 2. The molecule has 0 N–H and O–H groups in total. The van der Waals surface area contributed by atoms with Crippen LogP contribution in [0.4, 0.5) is 0 Å². The summed E-state index contributed by atoms with van der Waals surface area (Å²) in [6, 6.07) is 9.04. The van der Waals surface area contributed by atoms with Crippen molar-refractivity contribution in [1.82, 2.24) is 0 Å². The minimum absolute atomic E-state index is 0.505. The normalized spacial score (nSPS) is 24.2. The third-order valence-corrected chi connectivity index (χ3v) is 5.72. The smallest absolute Gasteiger partial charge is 0.0813 e. The molecule has 0 aromatic heterocycles. The Morgan fingerprint density at radius 2 is 1.21 bits per heavy atom. The Labute approximate surface area is 143 Å². The van der Waals surface area contributed by atoms with Crippen LogP contribution in [0.2, 0.25) is 0 Å². The number of allylic oxidation sites excluding steroid dienone is 2. The van der Waals surface area contributed by atoms with E-state index < -0.39 is 0 Å². The first-order valence-electron chi connectivity index (χ1n) is 9.32. The molecule has 2 unspecified atom stereocenters. The summed E-state index contributed by atoms with van der Waals surface area (Å²) in [5.74, 6) is 0. The van der Waals surface area contributed by atoms with Crippen LogP contribution in [0.25, 0.3) is 10.8 Å². The van der Waals surface area contributed by atoms with Gasteiger partial charge in [-0.1, -0.05) is 36.4 Å². The fourth-order valence-electron chi connectivity index (χ4n) is 4.25. The lowest BCUT2D eigenvalue weighted by atomic mass is 9.81. The van der Waals surface area contributed by atoms with Crippen molar-refractivity contribution >= 4 is 10.8 Å². The molecule has 0 bridgehead atoms. The lowest BCUT2D eigenvalue weighted by Gasteiger charge is -2.23. The molecule has 2 fully saturated rings. The van der Waals surface area contributed by atoms with Crippen LogP contribution in [0.1, 0.15) is 35.1 Å². The van der Waals surface area contributed by atoms with Crippen molar-refractivity contribution in [2.24, 2.45) is 0 Å². The second-order valence-electron chi connectivity index (χ2n) is 7.33. The van der Waals surface area contributed by atoms with Gasteiger partial charge in [0.05, 0.1) is 25.4 Å². The lowest BCUT2D eigenvalue weighted by molar-refractivity contribution is 0.396. The van der Waals surface area contributed by atoms with E-state index in [1.165, 1.54) is 10.8 Å². The van der Waals surface area contributed by atoms with Crippen LogP contribution in [-0.2, 0) is 35.2 Å². The molecule has 0 amide bonds. The Kier molecular flexibility index (Phi) is 3.68. The van der Waals surface area contributed by atoms with Gasteiger partial charge in [-0.05, 0) is 71.6 Å². The summed E-state index contributed by atoms with van der Waals surface area (Å²) in [5.41, 5.74) is 6.35. The number of hydrogen-bond acceptors (Lipinski definition) is 2. The van der Waals surface area contributed by atoms with Crippen molar-refractivity contribution in [3.8, 4) is 0 Å². The van der Waals surface area contributed by atoms with E-state index >= 15 is 0 Å². The molecule has 2 heteroatoms. The van der Waals surface area contributed by atoms with Crippen molar-refractivity contribution in [2.45, 2.75) is 50.7 Å². The highest BCUT2D eigenvalue weighted by Gasteiger charge is 2.26. The summed E-state index contributed by atoms with van der Waals surface area (Å²) in [6.45, 7) is 1.92. The Hall–Kier alpha value is -1.64. The zero-order valence-corrected chi connectivity index (χ0v) is 14.1. The second-order valence-corrected chi connectivity index (χ2v) is 7.33. The molecule has 2 nitrogen and oxygen atoms in total. The Balaban J connectivity index is 1.62. The molecule has 2 aliphatic heterocycles. The molecule has 3 aliphatic rings. The van der Waals surface area contributed by atoms with Gasteiger partial charge in [0.15, 0.2) is 0 Å². The van der Waals surface area contributed by atoms with E-state index in [0.29, 0.717) is 12.2 Å². The van der Waals surface area contributed by atoms with Crippen LogP contribution in [0.5, 0.6) is 0 Å². The van der Waals surface area contributed by atoms with E-state index in [0.717, 1.165) is 51.7 Å². The number of benzene rings is 2. The van der Waals surface area contributed by atoms with E-state index in [4.69, 9.17) is 9.47 Å². The molecule has 0 spiro atoms. The number of rotatable bonds is 6. The standard InChI is InChI=1S/C22H24O2/c1-2-6-18-17(5-1)21(11-9-15-13-23-15)19-7-3-4-8-20(19)22(18)12-10-16-14-24-16/h1-6,15-16H,7-14H2. The van der Waals surface area contributed by atoms with Gasteiger partial charge >= 0.3 is 0 Å². The van der Waals surface area contributed by atoms with Crippen molar-refractivity contribution in [1.29, 1.82) is 0 Å². The van der Waals surface area contributed by atoms with E-state index in [-0.39, 0.29) is 0 Å². The molecule has 2 heterocycles. The fourth-order valence-corrected chi connectivity index (χ4v) is 4.25. The van der Waals surface area contributed by atoms with Gasteiger partial charge < -0.3 is 9.47 Å². The van der Waals surface area contributed by atoms with E-state index in [1.807, 2.05) is 0 Å². The van der Waals surface area contributed by atoms with Gasteiger partial charge in [0.1, 0.15) is 0 Å². The Morgan fingerprint density at radius 3 is 1.62 bits per heavy atom. The number of ether oxygens (including phenoxy) is 2. The Morgan fingerprint density at radius 1 is 0.750 bits per heavy atom. The van der Waals surface area contributed by atoms with Gasteiger partial charge in [-0.2, -0.15) is 0 Å². The molecule has 0 radical (unpaired) electrons. The number of aryl methyl sites for hydroxylation is 2. The molecule has 2 atom stereocenters. The predicted molar refractivity (Wildman–Crippen MR) is 96.6 cm³/mol. The first-order valence-corrected chi connectivity index (χ1v) is 9.32. The zero-order chi connectivity index (χ0) is 15.9. The minimum Gasteiger partial charge on any atom is -0.373 e. The second kappa shape index (κ2) is 6.02. The van der Waals surface area contributed by atoms with Crippen LogP contribution < -0.4 is 0 Å². The molecule has 124 valence electrons. The molecule has 2 aromatic rings.